The summed E-state index contributed by atoms with van der Waals surface area (Å²) in [6.07, 6.45) is 7.59. The van der Waals surface area contributed by atoms with Crippen LogP contribution in [0.1, 0.15) is 194 Å². The van der Waals surface area contributed by atoms with E-state index < -0.39 is 162 Å². The molecule has 4 aliphatic carbocycles. The van der Waals surface area contributed by atoms with Crippen LogP contribution in [0.4, 0.5) is 13.2 Å². The lowest BCUT2D eigenvalue weighted by atomic mass is 9.78. The minimum atomic E-state index is -4.50. The number of alkyl halides is 4. The Kier molecular flexibility index (Phi) is 28.5. The minimum Gasteiger partial charge on any atom is -0.343 e. The third-order valence-electron chi connectivity index (χ3n) is 22.4. The molecule has 4 saturated carbocycles. The summed E-state index contributed by atoms with van der Waals surface area (Å²) in [5, 5.41) is 7.45. The first kappa shape index (κ1) is 79.1. The molecule has 7 fully saturated rings. The number of halogens is 4. The molecule has 12 amide bonds. The molecule has 0 radical (unpaired) electrons. The number of amides is 12. The number of fused-ring (bicyclic) bond motifs is 1. The van der Waals surface area contributed by atoms with Gasteiger partial charge in [0.1, 0.15) is 47.8 Å². The Balaban J connectivity index is 1.25. The predicted molar refractivity (Wildman–Crippen MR) is 361 cm³/mol. The van der Waals surface area contributed by atoms with Crippen LogP contribution in [0.3, 0.4) is 0 Å². The van der Waals surface area contributed by atoms with E-state index in [4.69, 9.17) is 11.6 Å². The maximum atomic E-state index is 15.7. The van der Waals surface area contributed by atoms with Gasteiger partial charge in [0.05, 0.1) is 32.0 Å². The molecule has 0 aromatic rings. The number of carbonyl (C=O) groups is 12. The number of nitrogens with one attached hydrogen (secondary N) is 3. The highest BCUT2D eigenvalue weighted by Crippen LogP contribution is 2.44. The summed E-state index contributed by atoms with van der Waals surface area (Å²) in [6.45, 7) is 4.39. The normalized spacial score (nSPS) is 30.2. The number of carbonyl (C=O) groups excluding carboxylic acids is 12. The summed E-state index contributed by atoms with van der Waals surface area (Å²) < 4.78 is 42.0. The first-order valence-electron chi connectivity index (χ1n) is 36.3. The lowest BCUT2D eigenvalue weighted by Gasteiger charge is -2.43. The third-order valence-corrected chi connectivity index (χ3v) is 22.9. The van der Waals surface area contributed by atoms with E-state index in [9.17, 15) is 46.7 Å². The number of nitrogens with zero attached hydrogens (tertiary/aromatic N) is 9. The third kappa shape index (κ3) is 20.0. The molecule has 3 aliphatic heterocycles. The maximum Gasteiger partial charge on any atom is 0.393 e. The van der Waals surface area contributed by atoms with Crippen molar-refractivity contribution in [3.8, 4) is 0 Å². The second-order valence-corrected chi connectivity index (χ2v) is 30.7. The van der Waals surface area contributed by atoms with E-state index in [0.717, 1.165) is 72.5 Å². The number of likely N-dealkylation sites (tertiary alicyclic amines) is 1. The van der Waals surface area contributed by atoms with Crippen LogP contribution in [0.15, 0.2) is 0 Å². The first-order valence-corrected chi connectivity index (χ1v) is 36.7. The molecule has 3 N–H and O–H groups in total. The number of piperidine rings is 1. The van der Waals surface area contributed by atoms with Crippen molar-refractivity contribution in [3.05, 3.63) is 0 Å². The molecule has 28 heteroatoms. The van der Waals surface area contributed by atoms with Crippen LogP contribution in [-0.4, -0.2) is 263 Å². The molecule has 98 heavy (non-hydrogen) atoms. The Hall–Kier alpha value is -6.28. The molecular weight excluding hydrogens is 1290 g/mol. The average molecular weight is 1410 g/mol. The van der Waals surface area contributed by atoms with Crippen molar-refractivity contribution >= 4 is 82.5 Å². The summed E-state index contributed by atoms with van der Waals surface area (Å²) in [5.74, 6) is -10.1. The van der Waals surface area contributed by atoms with Crippen molar-refractivity contribution in [1.29, 1.82) is 0 Å². The van der Waals surface area contributed by atoms with Gasteiger partial charge < -0.3 is 60.0 Å². The Bertz CT molecular complexity index is 2850. The van der Waals surface area contributed by atoms with Crippen LogP contribution in [0.5, 0.6) is 0 Å². The Morgan fingerprint density at radius 2 is 1.16 bits per heavy atom. The van der Waals surface area contributed by atoms with Crippen LogP contribution >= 0.6 is 11.6 Å². The van der Waals surface area contributed by atoms with Gasteiger partial charge in [-0.1, -0.05) is 78.1 Å². The molecule has 10 atom stereocenters. The largest absolute Gasteiger partial charge is 0.393 e. The molecular formula is C70H112ClF3N12O12. The van der Waals surface area contributed by atoms with Crippen molar-refractivity contribution in [1.82, 2.24) is 60.0 Å². The maximum absolute atomic E-state index is 15.7. The van der Waals surface area contributed by atoms with Gasteiger partial charge in [-0.15, -0.1) is 11.6 Å². The summed E-state index contributed by atoms with van der Waals surface area (Å²) in [7, 11) is 10.0. The quantitative estimate of drug-likeness (QED) is 0.243. The fraction of sp³-hybridized carbons (Fsp3) is 0.829. The number of hydrogen-bond donors (Lipinski definition) is 3. The van der Waals surface area contributed by atoms with Gasteiger partial charge in [0.2, 0.25) is 70.9 Å². The van der Waals surface area contributed by atoms with Crippen molar-refractivity contribution in [2.45, 2.75) is 254 Å². The Morgan fingerprint density at radius 1 is 0.571 bits per heavy atom. The van der Waals surface area contributed by atoms with Gasteiger partial charge in [-0.2, -0.15) is 13.2 Å². The van der Waals surface area contributed by atoms with Gasteiger partial charge in [-0.3, -0.25) is 57.5 Å². The first-order chi connectivity index (χ1) is 46.2. The highest BCUT2D eigenvalue weighted by Gasteiger charge is 2.52. The lowest BCUT2D eigenvalue weighted by molar-refractivity contribution is -0.182. The van der Waals surface area contributed by atoms with E-state index in [1.165, 1.54) is 80.8 Å². The zero-order valence-corrected chi connectivity index (χ0v) is 60.5. The fourth-order valence-corrected chi connectivity index (χ4v) is 16.9. The zero-order chi connectivity index (χ0) is 72.1. The van der Waals surface area contributed by atoms with Crippen molar-refractivity contribution < 1.29 is 70.7 Å². The van der Waals surface area contributed by atoms with Gasteiger partial charge in [-0.05, 0) is 133 Å². The topological polar surface area (TPSA) is 270 Å². The Morgan fingerprint density at radius 3 is 1.78 bits per heavy atom. The van der Waals surface area contributed by atoms with E-state index in [-0.39, 0.29) is 94.4 Å². The summed E-state index contributed by atoms with van der Waals surface area (Å²) in [5.41, 5.74) is -1.55. The average Bonchev–Trinajstić information content (AvgIpc) is 1.41. The zero-order valence-electron chi connectivity index (χ0n) is 59.8. The standard InChI is InChI=1S/C70H112ClF3N12O12/c1-44(2)37-53-61(91)75-45(3)63(93)80(6)42-58(89)78(4)43-59(90)82(8)54(39-46-23-14-11-15-24-46)65(95)79(5)41-56(87)76-51(31-29-47-28-30-49(50(71)38-47)70(72,73)74)64(94)86-36-22-27-52(86)62(92)77-69(32-18-19-33-69)68(98)84(10)60(48-25-16-12-17-26-48)67(97)83(9)55(40-57(88)81(53)7)66(96)85-34-20-13-21-35-85/h44-55,60H,11-43H2,1-10H3,(H,75,91)(H,76,87)(H,77,92)/t45-,47?,49?,50?,51-,52-,53-,54-,55-,60-/m0/s1. The second-order valence-electron chi connectivity index (χ2n) is 30.1. The predicted octanol–water partition coefficient (Wildman–Crippen LogP) is 5.46. The van der Waals surface area contributed by atoms with E-state index in [0.29, 0.717) is 58.0 Å². The second kappa shape index (κ2) is 35.4. The summed E-state index contributed by atoms with van der Waals surface area (Å²) in [6, 6.07) is -8.52. The van der Waals surface area contributed by atoms with Crippen LogP contribution in [-0.2, 0) is 57.5 Å². The molecule has 24 nitrogen and oxygen atoms in total. The molecule has 7 aliphatic rings. The monoisotopic (exact) mass is 1400 g/mol. The SMILES string of the molecule is CC(C)C[C@H]1C(=O)N[C@@H](C)C(=O)N(C)CC(=O)N(C)CC(=O)N(C)[C@@H](CC2CCCCC2)C(=O)N(C)CC(=O)N[C@@H](CCC2CCC(C(F)(F)F)C(Cl)C2)C(=O)N2CCC[C@H]2C(=O)NC2(CCCC2)C(=O)N(C)[C@@H](C2CCCCC2)C(=O)N(C)[C@H](C(=O)N2CCCCC2)CC(=O)N1C. The van der Waals surface area contributed by atoms with Gasteiger partial charge in [0.15, 0.2) is 0 Å². The fourth-order valence-electron chi connectivity index (χ4n) is 16.4. The summed E-state index contributed by atoms with van der Waals surface area (Å²) >= 11 is 6.40. The molecule has 0 aromatic carbocycles. The van der Waals surface area contributed by atoms with Gasteiger partial charge in [-0.25, -0.2) is 0 Å². The van der Waals surface area contributed by atoms with Crippen LogP contribution < -0.4 is 16.0 Å². The van der Waals surface area contributed by atoms with Crippen molar-refractivity contribution in [2.75, 3.05) is 88.6 Å². The Labute approximate surface area is 582 Å². The number of likely N-dealkylation sites (N-methyl/N-ethyl adjacent to an activating group) is 7. The molecule has 0 bridgehead atoms. The molecule has 7 rings (SSSR count). The van der Waals surface area contributed by atoms with E-state index in [1.807, 2.05) is 13.8 Å². The van der Waals surface area contributed by atoms with Crippen LogP contribution in [0.2, 0.25) is 0 Å². The van der Waals surface area contributed by atoms with Gasteiger partial charge in [0.25, 0.3) is 0 Å². The molecule has 3 saturated heterocycles. The molecule has 552 valence electrons. The molecule has 3 heterocycles. The van der Waals surface area contributed by atoms with Crippen molar-refractivity contribution in [2.24, 2.45) is 29.6 Å². The smallest absolute Gasteiger partial charge is 0.343 e. The molecule has 1 spiro atoms. The highest BCUT2D eigenvalue weighted by molar-refractivity contribution is 6.21. The van der Waals surface area contributed by atoms with E-state index in [2.05, 4.69) is 16.0 Å². The molecule has 0 aromatic heterocycles. The van der Waals surface area contributed by atoms with E-state index in [1.54, 1.807) is 4.90 Å². The van der Waals surface area contributed by atoms with Gasteiger partial charge in [0, 0.05) is 74.3 Å². The number of hydrogen-bond acceptors (Lipinski definition) is 12. The van der Waals surface area contributed by atoms with Crippen molar-refractivity contribution in [3.63, 3.8) is 0 Å². The highest BCUT2D eigenvalue weighted by atomic mass is 35.5. The van der Waals surface area contributed by atoms with Crippen LogP contribution in [0.25, 0.3) is 0 Å². The number of rotatable bonds is 9. The van der Waals surface area contributed by atoms with Crippen LogP contribution in [0, 0.1) is 29.6 Å². The summed E-state index contributed by atoms with van der Waals surface area (Å²) in [4.78, 5) is 189. The minimum absolute atomic E-state index is 0.00358. The van der Waals surface area contributed by atoms with E-state index >= 15 is 24.0 Å². The lowest BCUT2D eigenvalue weighted by Crippen LogP contribution is -2.65. The molecule has 3 unspecified atom stereocenters. The van der Waals surface area contributed by atoms with Gasteiger partial charge >= 0.3 is 6.18 Å².